The number of anilines is 1. The SMILES string of the molecule is c1cc(NC2CCN(Cc3cnoc3C3CC3)CC2)ncn1. The van der Waals surface area contributed by atoms with E-state index in [1.807, 2.05) is 12.3 Å². The zero-order chi connectivity index (χ0) is 14.8. The summed E-state index contributed by atoms with van der Waals surface area (Å²) >= 11 is 0. The third-order valence-electron chi connectivity index (χ3n) is 4.54. The van der Waals surface area contributed by atoms with Crippen molar-refractivity contribution in [3.8, 4) is 0 Å². The predicted octanol–water partition coefficient (Wildman–Crippen LogP) is 2.42. The first kappa shape index (κ1) is 13.7. The molecule has 22 heavy (non-hydrogen) atoms. The number of hydrogen-bond acceptors (Lipinski definition) is 6. The van der Waals surface area contributed by atoms with Crippen LogP contribution in [0.25, 0.3) is 0 Å². The largest absolute Gasteiger partial charge is 0.367 e. The van der Waals surface area contributed by atoms with Gasteiger partial charge in [-0.1, -0.05) is 5.16 Å². The van der Waals surface area contributed by atoms with Gasteiger partial charge in [0.15, 0.2) is 0 Å². The number of piperidine rings is 1. The van der Waals surface area contributed by atoms with Crippen LogP contribution in [0.1, 0.15) is 42.9 Å². The summed E-state index contributed by atoms with van der Waals surface area (Å²) in [5.41, 5.74) is 1.28. The number of rotatable bonds is 5. The highest BCUT2D eigenvalue weighted by atomic mass is 16.5. The molecule has 0 bridgehead atoms. The summed E-state index contributed by atoms with van der Waals surface area (Å²) < 4.78 is 5.43. The third kappa shape index (κ3) is 3.11. The van der Waals surface area contributed by atoms with Crippen molar-refractivity contribution in [3.05, 3.63) is 36.1 Å². The molecule has 0 amide bonds. The van der Waals surface area contributed by atoms with Gasteiger partial charge in [0.2, 0.25) is 0 Å². The van der Waals surface area contributed by atoms with Crippen LogP contribution in [0.3, 0.4) is 0 Å². The summed E-state index contributed by atoms with van der Waals surface area (Å²) in [6, 6.07) is 2.42. The minimum absolute atomic E-state index is 0.497. The average molecular weight is 299 g/mol. The minimum atomic E-state index is 0.497. The molecule has 6 nitrogen and oxygen atoms in total. The lowest BCUT2D eigenvalue weighted by atomic mass is 10.0. The van der Waals surface area contributed by atoms with Gasteiger partial charge in [-0.2, -0.15) is 0 Å². The Morgan fingerprint density at radius 3 is 2.82 bits per heavy atom. The Morgan fingerprint density at radius 2 is 2.09 bits per heavy atom. The van der Waals surface area contributed by atoms with Crippen molar-refractivity contribution in [2.24, 2.45) is 0 Å². The molecule has 1 saturated heterocycles. The predicted molar refractivity (Wildman–Crippen MR) is 82.4 cm³/mol. The normalized spacial score (nSPS) is 20.2. The lowest BCUT2D eigenvalue weighted by Gasteiger charge is -2.32. The molecule has 2 aromatic rings. The van der Waals surface area contributed by atoms with E-state index in [0.717, 1.165) is 44.1 Å². The molecule has 0 radical (unpaired) electrons. The second-order valence-electron chi connectivity index (χ2n) is 6.28. The summed E-state index contributed by atoms with van der Waals surface area (Å²) in [6.45, 7) is 3.16. The Hall–Kier alpha value is -1.95. The van der Waals surface area contributed by atoms with Crippen molar-refractivity contribution < 1.29 is 4.52 Å². The van der Waals surface area contributed by atoms with Gasteiger partial charge in [-0.3, -0.25) is 4.90 Å². The van der Waals surface area contributed by atoms with Gasteiger partial charge in [0.1, 0.15) is 17.9 Å². The third-order valence-corrected chi connectivity index (χ3v) is 4.54. The quantitative estimate of drug-likeness (QED) is 0.914. The molecule has 1 aliphatic heterocycles. The van der Waals surface area contributed by atoms with Gasteiger partial charge in [-0.15, -0.1) is 0 Å². The van der Waals surface area contributed by atoms with Crippen molar-refractivity contribution in [1.29, 1.82) is 0 Å². The Kier molecular flexibility index (Phi) is 3.76. The Bertz CT molecular complexity index is 602. The molecule has 116 valence electrons. The highest BCUT2D eigenvalue weighted by Crippen LogP contribution is 2.41. The van der Waals surface area contributed by atoms with E-state index < -0.39 is 0 Å². The lowest BCUT2D eigenvalue weighted by molar-refractivity contribution is 0.209. The molecule has 1 N–H and O–H groups in total. The smallest absolute Gasteiger partial charge is 0.144 e. The number of nitrogens with zero attached hydrogens (tertiary/aromatic N) is 4. The van der Waals surface area contributed by atoms with Crippen LogP contribution in [0.4, 0.5) is 5.82 Å². The number of hydrogen-bond donors (Lipinski definition) is 1. The maximum Gasteiger partial charge on any atom is 0.144 e. The zero-order valence-corrected chi connectivity index (χ0v) is 12.6. The van der Waals surface area contributed by atoms with Gasteiger partial charge in [-0.05, 0) is 31.7 Å². The fraction of sp³-hybridized carbons (Fsp3) is 0.562. The van der Waals surface area contributed by atoms with Crippen LogP contribution < -0.4 is 5.32 Å². The van der Waals surface area contributed by atoms with E-state index in [0.29, 0.717) is 12.0 Å². The lowest BCUT2D eigenvalue weighted by Crippen LogP contribution is -2.38. The van der Waals surface area contributed by atoms with E-state index >= 15 is 0 Å². The van der Waals surface area contributed by atoms with Gasteiger partial charge >= 0.3 is 0 Å². The van der Waals surface area contributed by atoms with Gasteiger partial charge in [0.25, 0.3) is 0 Å². The van der Waals surface area contributed by atoms with E-state index in [-0.39, 0.29) is 0 Å². The van der Waals surface area contributed by atoms with Crippen LogP contribution in [0.15, 0.2) is 29.3 Å². The van der Waals surface area contributed by atoms with E-state index in [4.69, 9.17) is 4.52 Å². The first-order valence-electron chi connectivity index (χ1n) is 8.07. The number of likely N-dealkylation sites (tertiary alicyclic amines) is 1. The molecular formula is C16H21N5O. The molecule has 2 fully saturated rings. The molecule has 1 aliphatic carbocycles. The highest BCUT2D eigenvalue weighted by molar-refractivity contribution is 5.33. The fourth-order valence-electron chi connectivity index (χ4n) is 3.13. The van der Waals surface area contributed by atoms with Gasteiger partial charge in [-0.25, -0.2) is 9.97 Å². The second-order valence-corrected chi connectivity index (χ2v) is 6.28. The van der Waals surface area contributed by atoms with Crippen LogP contribution in [0.2, 0.25) is 0 Å². The van der Waals surface area contributed by atoms with Crippen molar-refractivity contribution in [2.45, 2.75) is 44.2 Å². The summed E-state index contributed by atoms with van der Waals surface area (Å²) in [6.07, 6.45) is 10.0. The van der Waals surface area contributed by atoms with Crippen molar-refractivity contribution in [3.63, 3.8) is 0 Å². The van der Waals surface area contributed by atoms with E-state index in [2.05, 4.69) is 25.3 Å². The standard InChI is InChI=1S/C16H21N5O/c1-2-12(1)16-13(9-19-22-16)10-21-7-4-14(5-8-21)20-15-3-6-17-11-18-15/h3,6,9,11-12,14H,1-2,4-5,7-8,10H2,(H,17,18,20). The van der Waals surface area contributed by atoms with Crippen LogP contribution in [0, 0.1) is 0 Å². The van der Waals surface area contributed by atoms with Crippen LogP contribution in [-0.4, -0.2) is 39.2 Å². The van der Waals surface area contributed by atoms with E-state index in [9.17, 15) is 0 Å². The molecule has 0 spiro atoms. The number of nitrogens with one attached hydrogen (secondary N) is 1. The average Bonchev–Trinajstić information content (AvgIpc) is 3.30. The molecule has 0 aromatic carbocycles. The Balaban J connectivity index is 1.29. The molecule has 1 saturated carbocycles. The Labute approximate surface area is 129 Å². The summed E-state index contributed by atoms with van der Waals surface area (Å²) in [4.78, 5) is 10.7. The second kappa shape index (κ2) is 6.04. The number of aromatic nitrogens is 3. The van der Waals surface area contributed by atoms with Crippen LogP contribution in [-0.2, 0) is 6.54 Å². The fourth-order valence-corrected chi connectivity index (χ4v) is 3.13. The van der Waals surface area contributed by atoms with Crippen LogP contribution >= 0.6 is 0 Å². The molecular weight excluding hydrogens is 278 g/mol. The van der Waals surface area contributed by atoms with Gasteiger partial charge in [0.05, 0.1) is 6.20 Å². The van der Waals surface area contributed by atoms with Crippen molar-refractivity contribution in [2.75, 3.05) is 18.4 Å². The minimum Gasteiger partial charge on any atom is -0.367 e. The monoisotopic (exact) mass is 299 g/mol. The topological polar surface area (TPSA) is 67.1 Å². The first-order chi connectivity index (χ1) is 10.9. The van der Waals surface area contributed by atoms with E-state index in [1.54, 1.807) is 12.5 Å². The van der Waals surface area contributed by atoms with E-state index in [1.165, 1.54) is 18.4 Å². The highest BCUT2D eigenvalue weighted by Gasteiger charge is 2.31. The molecule has 0 atom stereocenters. The Morgan fingerprint density at radius 1 is 1.23 bits per heavy atom. The molecule has 2 aromatic heterocycles. The molecule has 4 rings (SSSR count). The molecule has 3 heterocycles. The first-order valence-corrected chi connectivity index (χ1v) is 8.07. The maximum absolute atomic E-state index is 5.43. The maximum atomic E-state index is 5.43. The summed E-state index contributed by atoms with van der Waals surface area (Å²) in [5.74, 6) is 2.68. The molecule has 6 heteroatoms. The summed E-state index contributed by atoms with van der Waals surface area (Å²) in [5, 5.41) is 7.48. The molecule has 0 unspecified atom stereocenters. The van der Waals surface area contributed by atoms with Gasteiger partial charge in [0, 0.05) is 43.4 Å². The van der Waals surface area contributed by atoms with Crippen molar-refractivity contribution in [1.82, 2.24) is 20.0 Å². The van der Waals surface area contributed by atoms with Gasteiger partial charge < -0.3 is 9.84 Å². The summed E-state index contributed by atoms with van der Waals surface area (Å²) in [7, 11) is 0. The molecule has 2 aliphatic rings. The van der Waals surface area contributed by atoms with Crippen LogP contribution in [0.5, 0.6) is 0 Å². The van der Waals surface area contributed by atoms with Crippen molar-refractivity contribution >= 4 is 5.82 Å². The zero-order valence-electron chi connectivity index (χ0n) is 12.6.